The van der Waals surface area contributed by atoms with Crippen molar-refractivity contribution < 1.29 is 24.3 Å². The van der Waals surface area contributed by atoms with Gasteiger partial charge in [0, 0.05) is 49.8 Å². The van der Waals surface area contributed by atoms with Gasteiger partial charge in [-0.2, -0.15) is 4.98 Å². The summed E-state index contributed by atoms with van der Waals surface area (Å²) in [6.45, 7) is 7.59. The van der Waals surface area contributed by atoms with Crippen LogP contribution in [-0.2, 0) is 28.2 Å². The third kappa shape index (κ3) is 7.54. The molecule has 310 valence electrons. The molecule has 5 heterocycles. The number of imide groups is 2. The van der Waals surface area contributed by atoms with Crippen LogP contribution in [0.5, 0.6) is 0 Å². The van der Waals surface area contributed by atoms with Crippen LogP contribution < -0.4 is 26.4 Å². The van der Waals surface area contributed by atoms with Crippen LogP contribution in [0.1, 0.15) is 90.3 Å². The number of nitrogens with zero attached hydrogens (tertiary/aromatic N) is 7. The van der Waals surface area contributed by atoms with Gasteiger partial charge in [-0.15, -0.1) is 6.58 Å². The maximum Gasteiger partial charge on any atom is 0.278 e. The molecule has 4 N–H and O–H groups in total. The van der Waals surface area contributed by atoms with Gasteiger partial charge in [-0.05, 0) is 92.6 Å². The Labute approximate surface area is 346 Å². The molecule has 0 spiro atoms. The number of aryl methyl sites for hydroxylation is 1. The predicted molar refractivity (Wildman–Crippen MR) is 227 cm³/mol. The van der Waals surface area contributed by atoms with Crippen molar-refractivity contribution in [1.82, 2.24) is 34.5 Å². The van der Waals surface area contributed by atoms with Gasteiger partial charge >= 0.3 is 0 Å². The molecule has 1 saturated heterocycles. The van der Waals surface area contributed by atoms with Gasteiger partial charge in [-0.3, -0.25) is 34.2 Å². The van der Waals surface area contributed by atoms with E-state index in [0.717, 1.165) is 66.2 Å². The maximum atomic E-state index is 13.5. The molecule has 5 aromatic rings. The van der Waals surface area contributed by atoms with Crippen LogP contribution in [0.4, 0.5) is 23.0 Å². The number of carbonyl (C=O) groups is 4. The number of carbonyl (C=O) groups excluding carboxylic acids is 4. The molecular formula is C44H48N10O6. The fraction of sp³-hybridized carbons (Fsp3) is 0.364. The van der Waals surface area contributed by atoms with E-state index in [4.69, 9.17) is 9.97 Å². The van der Waals surface area contributed by atoms with Gasteiger partial charge < -0.3 is 20.6 Å². The molecule has 0 saturated carbocycles. The minimum absolute atomic E-state index is 0.0804. The number of anilines is 4. The minimum Gasteiger partial charge on any atom is -0.385 e. The van der Waals surface area contributed by atoms with Crippen molar-refractivity contribution in [3.63, 3.8) is 0 Å². The standard InChI is InChI=1S/C44H48N10O6/c1-4-23-52-40(57)33-26-46-43(50-38(33)54(52)35-18-10-27-20-21-44(60,5-2)37(27)48-35)47-28-11-14-30(15-12-28)51(3)24-9-7-6-8-22-45-29-13-16-31-32(25-29)42(59)53(41(31)58)34-17-19-36(55)49-39(34)56/h4,10-16,18,25-26,34,45,60H,1,5-9,17,19-24H2,2-3H3,(H,46,47,50)(H,49,55,56)/t34?,44-/m1/s1. The van der Waals surface area contributed by atoms with E-state index in [1.54, 1.807) is 29.0 Å². The largest absolute Gasteiger partial charge is 0.385 e. The molecule has 0 radical (unpaired) electrons. The zero-order chi connectivity index (χ0) is 42.1. The Bertz CT molecular complexity index is 2580. The molecule has 1 unspecified atom stereocenters. The number of benzene rings is 2. The highest BCUT2D eigenvalue weighted by atomic mass is 16.3. The molecule has 2 aromatic carbocycles. The second-order valence-electron chi connectivity index (χ2n) is 15.6. The molecule has 1 aliphatic carbocycles. The van der Waals surface area contributed by atoms with Crippen LogP contribution in [-0.4, -0.2) is 84.1 Å². The molecule has 1 fully saturated rings. The first-order valence-electron chi connectivity index (χ1n) is 20.5. The number of unbranched alkanes of at least 4 members (excludes halogenated alkanes) is 3. The van der Waals surface area contributed by atoms with E-state index < -0.39 is 35.3 Å². The smallest absolute Gasteiger partial charge is 0.278 e. The summed E-state index contributed by atoms with van der Waals surface area (Å²) in [7, 11) is 2.06. The summed E-state index contributed by atoms with van der Waals surface area (Å²) < 4.78 is 3.21. The average Bonchev–Trinajstić information content (AvgIpc) is 3.82. The number of hydrogen-bond acceptors (Lipinski definition) is 12. The monoisotopic (exact) mass is 812 g/mol. The molecule has 8 rings (SSSR count). The SMILES string of the molecule is C=CCn1c(=O)c2cnc(Nc3ccc(N(C)CCCCCCNc4ccc5c(c4)C(=O)N(C4CCC(=O)NC4=O)C5=O)cc3)nc2n1-c1ccc2c(n1)[C@@](O)(CC)CC2. The third-order valence-electron chi connectivity index (χ3n) is 11.7. The highest BCUT2D eigenvalue weighted by Gasteiger charge is 2.44. The van der Waals surface area contributed by atoms with E-state index in [0.29, 0.717) is 47.9 Å². The summed E-state index contributed by atoms with van der Waals surface area (Å²) in [5.41, 5.74) is 3.87. The number of piperidine rings is 1. The Morgan fingerprint density at radius 2 is 1.72 bits per heavy atom. The fourth-order valence-electron chi connectivity index (χ4n) is 8.31. The molecule has 3 aliphatic rings. The lowest BCUT2D eigenvalue weighted by Crippen LogP contribution is -2.54. The topological polar surface area (TPSA) is 197 Å². The summed E-state index contributed by atoms with van der Waals surface area (Å²) in [5.74, 6) is -1.25. The number of nitrogens with one attached hydrogen (secondary N) is 3. The molecule has 2 atom stereocenters. The molecule has 3 aromatic heterocycles. The Balaban J connectivity index is 0.826. The van der Waals surface area contributed by atoms with Crippen LogP contribution in [0.25, 0.3) is 16.9 Å². The number of fused-ring (bicyclic) bond motifs is 3. The van der Waals surface area contributed by atoms with Crippen molar-refractivity contribution in [3.05, 3.63) is 106 Å². The van der Waals surface area contributed by atoms with Gasteiger partial charge in [0.05, 0.1) is 23.4 Å². The van der Waals surface area contributed by atoms with Crippen molar-refractivity contribution in [2.75, 3.05) is 35.7 Å². The van der Waals surface area contributed by atoms with E-state index in [1.807, 2.05) is 43.3 Å². The van der Waals surface area contributed by atoms with Gasteiger partial charge in [0.25, 0.3) is 17.4 Å². The number of aliphatic hydroxyl groups is 1. The lowest BCUT2D eigenvalue weighted by molar-refractivity contribution is -0.136. The van der Waals surface area contributed by atoms with Gasteiger partial charge in [0.1, 0.15) is 17.0 Å². The second kappa shape index (κ2) is 16.5. The van der Waals surface area contributed by atoms with Crippen LogP contribution in [0.2, 0.25) is 0 Å². The van der Waals surface area contributed by atoms with Crippen molar-refractivity contribution in [2.45, 2.75) is 82.9 Å². The number of pyridine rings is 1. The number of aromatic nitrogens is 5. The number of hydrogen-bond donors (Lipinski definition) is 4. The number of rotatable bonds is 16. The molecule has 60 heavy (non-hydrogen) atoms. The Hall–Kier alpha value is -6.68. The van der Waals surface area contributed by atoms with Crippen LogP contribution in [0, 0.1) is 0 Å². The molecule has 16 nitrogen and oxygen atoms in total. The first-order chi connectivity index (χ1) is 29.0. The van der Waals surface area contributed by atoms with Crippen molar-refractivity contribution >= 4 is 57.7 Å². The van der Waals surface area contributed by atoms with Gasteiger partial charge in [0.15, 0.2) is 11.5 Å². The van der Waals surface area contributed by atoms with Crippen LogP contribution in [0.3, 0.4) is 0 Å². The quantitative estimate of drug-likeness (QED) is 0.0595. The van der Waals surface area contributed by atoms with Crippen molar-refractivity contribution in [1.29, 1.82) is 0 Å². The summed E-state index contributed by atoms with van der Waals surface area (Å²) in [6.07, 6.45) is 9.24. The Morgan fingerprint density at radius 3 is 2.48 bits per heavy atom. The molecule has 16 heteroatoms. The summed E-state index contributed by atoms with van der Waals surface area (Å²) in [4.78, 5) is 80.7. The molecule has 2 aliphatic heterocycles. The lowest BCUT2D eigenvalue weighted by atomic mass is 9.98. The zero-order valence-electron chi connectivity index (χ0n) is 33.7. The summed E-state index contributed by atoms with van der Waals surface area (Å²) >= 11 is 0. The Morgan fingerprint density at radius 1 is 0.950 bits per heavy atom. The molecular weight excluding hydrogens is 765 g/mol. The van der Waals surface area contributed by atoms with Crippen molar-refractivity contribution in [2.24, 2.45) is 0 Å². The summed E-state index contributed by atoms with van der Waals surface area (Å²) in [5, 5.41) is 20.4. The molecule has 0 bridgehead atoms. The normalized spacial score (nSPS) is 18.4. The number of amides is 4. The second-order valence-corrected chi connectivity index (χ2v) is 15.6. The fourth-order valence-corrected chi connectivity index (χ4v) is 8.31. The van der Waals surface area contributed by atoms with Gasteiger partial charge in [-0.1, -0.05) is 31.9 Å². The van der Waals surface area contributed by atoms with E-state index >= 15 is 0 Å². The highest BCUT2D eigenvalue weighted by Crippen LogP contribution is 2.38. The third-order valence-corrected chi connectivity index (χ3v) is 11.7. The van der Waals surface area contributed by atoms with Crippen LogP contribution in [0.15, 0.2) is 78.2 Å². The summed E-state index contributed by atoms with van der Waals surface area (Å²) in [6, 6.07) is 15.9. The van der Waals surface area contributed by atoms with Crippen LogP contribution >= 0.6 is 0 Å². The van der Waals surface area contributed by atoms with E-state index in [2.05, 4.69) is 39.5 Å². The number of allylic oxidation sites excluding steroid dienone is 1. The first-order valence-corrected chi connectivity index (χ1v) is 20.5. The average molecular weight is 813 g/mol. The van der Waals surface area contributed by atoms with Gasteiger partial charge in [-0.25, -0.2) is 19.3 Å². The maximum absolute atomic E-state index is 13.5. The minimum atomic E-state index is -1.01. The van der Waals surface area contributed by atoms with Crippen molar-refractivity contribution in [3.8, 4) is 5.82 Å². The molecule has 4 amide bonds. The lowest BCUT2D eigenvalue weighted by Gasteiger charge is -2.27. The Kier molecular flexibility index (Phi) is 11.0. The first kappa shape index (κ1) is 40.1. The van der Waals surface area contributed by atoms with Gasteiger partial charge in [0.2, 0.25) is 17.8 Å². The highest BCUT2D eigenvalue weighted by molar-refractivity contribution is 6.23. The van der Waals surface area contributed by atoms with E-state index in [-0.39, 0.29) is 36.1 Å². The van der Waals surface area contributed by atoms with E-state index in [9.17, 15) is 29.1 Å². The zero-order valence-corrected chi connectivity index (χ0v) is 33.7. The predicted octanol–water partition coefficient (Wildman–Crippen LogP) is 4.96. The van der Waals surface area contributed by atoms with E-state index in [1.165, 1.54) is 10.9 Å².